The zero-order valence-electron chi connectivity index (χ0n) is 8.42. The van der Waals surface area contributed by atoms with Gasteiger partial charge in [0.25, 0.3) is 0 Å². The van der Waals surface area contributed by atoms with Gasteiger partial charge < -0.3 is 10.8 Å². The average Bonchev–Trinajstić information content (AvgIpc) is 2.29. The maximum absolute atomic E-state index is 10.8. The molecule has 0 fully saturated rings. The number of nitrogens with zero attached hydrogens (tertiary/aromatic N) is 1. The van der Waals surface area contributed by atoms with Crippen molar-refractivity contribution in [2.24, 2.45) is 0 Å². The van der Waals surface area contributed by atoms with Gasteiger partial charge in [0.1, 0.15) is 0 Å². The number of carboxylic acid groups (broad SMARTS) is 1. The number of hydrogen-bond acceptors (Lipinski definition) is 3. The number of carbonyl (C=O) groups is 1. The second kappa shape index (κ2) is 4.02. The fourth-order valence-electron chi connectivity index (χ4n) is 1.43. The number of nitrogen functional groups attached to an aromatic ring is 1. The van der Waals surface area contributed by atoms with Crippen LogP contribution in [0.4, 0.5) is 5.69 Å². The van der Waals surface area contributed by atoms with Crippen LogP contribution in [-0.4, -0.2) is 16.1 Å². The van der Waals surface area contributed by atoms with Crippen LogP contribution in [0.2, 0.25) is 0 Å². The summed E-state index contributed by atoms with van der Waals surface area (Å²) in [7, 11) is 0. The number of carboxylic acids is 1. The molecule has 4 heteroatoms. The number of hydrogen-bond donors (Lipinski definition) is 2. The van der Waals surface area contributed by atoms with Crippen molar-refractivity contribution in [1.29, 1.82) is 0 Å². The minimum atomic E-state index is -0.988. The van der Waals surface area contributed by atoms with Crippen LogP contribution in [0.25, 0.3) is 11.1 Å². The Morgan fingerprint density at radius 1 is 1.19 bits per heavy atom. The van der Waals surface area contributed by atoms with E-state index in [1.165, 1.54) is 6.20 Å². The molecule has 0 spiro atoms. The van der Waals surface area contributed by atoms with Crippen LogP contribution in [0.15, 0.2) is 42.7 Å². The topological polar surface area (TPSA) is 76.2 Å². The summed E-state index contributed by atoms with van der Waals surface area (Å²) >= 11 is 0. The highest BCUT2D eigenvalue weighted by atomic mass is 16.4. The van der Waals surface area contributed by atoms with Crippen molar-refractivity contribution in [3.05, 3.63) is 48.3 Å². The standard InChI is InChI=1S/C12H10N2O2/c13-11-3-1-2-8(5-11)9-4-10(12(15)16)7-14-6-9/h1-7H,13H2,(H,15,16). The van der Waals surface area contributed by atoms with Crippen molar-refractivity contribution in [1.82, 2.24) is 4.98 Å². The van der Waals surface area contributed by atoms with E-state index in [1.807, 2.05) is 12.1 Å². The van der Waals surface area contributed by atoms with E-state index in [0.717, 1.165) is 11.1 Å². The van der Waals surface area contributed by atoms with Crippen molar-refractivity contribution >= 4 is 11.7 Å². The highest BCUT2D eigenvalue weighted by Gasteiger charge is 2.05. The smallest absolute Gasteiger partial charge is 0.337 e. The number of benzene rings is 1. The minimum Gasteiger partial charge on any atom is -0.478 e. The number of aromatic carboxylic acids is 1. The fourth-order valence-corrected chi connectivity index (χ4v) is 1.43. The van der Waals surface area contributed by atoms with Crippen molar-refractivity contribution in [2.75, 3.05) is 5.73 Å². The van der Waals surface area contributed by atoms with Crippen molar-refractivity contribution < 1.29 is 9.90 Å². The van der Waals surface area contributed by atoms with Gasteiger partial charge in [-0.15, -0.1) is 0 Å². The van der Waals surface area contributed by atoms with Gasteiger partial charge in [-0.1, -0.05) is 12.1 Å². The first-order valence-corrected chi connectivity index (χ1v) is 4.71. The SMILES string of the molecule is Nc1cccc(-c2cncc(C(=O)O)c2)c1. The summed E-state index contributed by atoms with van der Waals surface area (Å²) < 4.78 is 0. The van der Waals surface area contributed by atoms with Gasteiger partial charge in [-0.05, 0) is 23.8 Å². The Morgan fingerprint density at radius 3 is 2.69 bits per heavy atom. The molecule has 2 rings (SSSR count). The van der Waals surface area contributed by atoms with Crippen LogP contribution in [0, 0.1) is 0 Å². The first-order chi connectivity index (χ1) is 7.66. The average molecular weight is 214 g/mol. The van der Waals surface area contributed by atoms with Crippen molar-refractivity contribution in [3.8, 4) is 11.1 Å². The Morgan fingerprint density at radius 2 is 2.00 bits per heavy atom. The molecule has 1 aromatic heterocycles. The Bertz CT molecular complexity index is 538. The molecule has 0 radical (unpaired) electrons. The molecule has 16 heavy (non-hydrogen) atoms. The van der Waals surface area contributed by atoms with Gasteiger partial charge in [-0.25, -0.2) is 4.79 Å². The predicted molar refractivity (Wildman–Crippen MR) is 61.0 cm³/mol. The second-order valence-corrected chi connectivity index (χ2v) is 3.39. The van der Waals surface area contributed by atoms with E-state index >= 15 is 0 Å². The molecule has 0 bridgehead atoms. The molecule has 4 nitrogen and oxygen atoms in total. The van der Waals surface area contributed by atoms with E-state index in [0.29, 0.717) is 5.69 Å². The summed E-state index contributed by atoms with van der Waals surface area (Å²) in [4.78, 5) is 14.7. The highest BCUT2D eigenvalue weighted by Crippen LogP contribution is 2.21. The third kappa shape index (κ3) is 2.00. The van der Waals surface area contributed by atoms with Crippen LogP contribution in [0.3, 0.4) is 0 Å². The lowest BCUT2D eigenvalue weighted by Gasteiger charge is -2.03. The van der Waals surface area contributed by atoms with Crippen LogP contribution < -0.4 is 5.73 Å². The van der Waals surface area contributed by atoms with Gasteiger partial charge >= 0.3 is 5.97 Å². The van der Waals surface area contributed by atoms with Crippen molar-refractivity contribution in [3.63, 3.8) is 0 Å². The highest BCUT2D eigenvalue weighted by molar-refractivity contribution is 5.88. The summed E-state index contributed by atoms with van der Waals surface area (Å²) in [5.41, 5.74) is 8.06. The van der Waals surface area contributed by atoms with Gasteiger partial charge in [0.15, 0.2) is 0 Å². The lowest BCUT2D eigenvalue weighted by Crippen LogP contribution is -1.97. The molecule has 0 aliphatic carbocycles. The summed E-state index contributed by atoms with van der Waals surface area (Å²) in [6.07, 6.45) is 2.93. The summed E-state index contributed by atoms with van der Waals surface area (Å²) in [5, 5.41) is 8.85. The molecule has 0 unspecified atom stereocenters. The third-order valence-corrected chi connectivity index (χ3v) is 2.21. The Labute approximate surface area is 92.4 Å². The van der Waals surface area contributed by atoms with Gasteiger partial charge in [-0.2, -0.15) is 0 Å². The molecule has 0 atom stereocenters. The molecule has 0 amide bonds. The summed E-state index contributed by atoms with van der Waals surface area (Å²) in [5.74, 6) is -0.988. The predicted octanol–water partition coefficient (Wildman–Crippen LogP) is 2.03. The molecular formula is C12H10N2O2. The monoisotopic (exact) mass is 214 g/mol. The quantitative estimate of drug-likeness (QED) is 0.750. The lowest BCUT2D eigenvalue weighted by atomic mass is 10.1. The number of aromatic nitrogens is 1. The van der Waals surface area contributed by atoms with Crippen LogP contribution >= 0.6 is 0 Å². The van der Waals surface area contributed by atoms with Gasteiger partial charge in [0, 0.05) is 23.6 Å². The molecule has 2 aromatic rings. The second-order valence-electron chi connectivity index (χ2n) is 3.39. The first-order valence-electron chi connectivity index (χ1n) is 4.71. The Hall–Kier alpha value is -2.36. The third-order valence-electron chi connectivity index (χ3n) is 2.21. The minimum absolute atomic E-state index is 0.167. The van der Waals surface area contributed by atoms with E-state index in [4.69, 9.17) is 10.8 Å². The molecule has 1 heterocycles. The molecule has 0 saturated carbocycles. The Balaban J connectivity index is 2.48. The summed E-state index contributed by atoms with van der Waals surface area (Å²) in [6.45, 7) is 0. The van der Waals surface area contributed by atoms with E-state index < -0.39 is 5.97 Å². The zero-order valence-corrected chi connectivity index (χ0v) is 8.42. The number of pyridine rings is 1. The molecule has 80 valence electrons. The maximum Gasteiger partial charge on any atom is 0.337 e. The molecular weight excluding hydrogens is 204 g/mol. The molecule has 3 N–H and O–H groups in total. The molecule has 1 aromatic carbocycles. The van der Waals surface area contributed by atoms with E-state index in [1.54, 1.807) is 24.4 Å². The van der Waals surface area contributed by atoms with Gasteiger partial charge in [-0.3, -0.25) is 4.98 Å². The number of rotatable bonds is 2. The van der Waals surface area contributed by atoms with E-state index in [9.17, 15) is 4.79 Å². The largest absolute Gasteiger partial charge is 0.478 e. The molecule has 0 aliphatic rings. The Kier molecular flexibility index (Phi) is 2.55. The first kappa shape index (κ1) is 10.2. The summed E-state index contributed by atoms with van der Waals surface area (Å²) in [6, 6.07) is 8.81. The van der Waals surface area contributed by atoms with Gasteiger partial charge in [0.2, 0.25) is 0 Å². The van der Waals surface area contributed by atoms with Crippen LogP contribution in [-0.2, 0) is 0 Å². The van der Waals surface area contributed by atoms with Crippen LogP contribution in [0.1, 0.15) is 10.4 Å². The maximum atomic E-state index is 10.8. The number of nitrogens with two attached hydrogens (primary N) is 1. The van der Waals surface area contributed by atoms with Crippen molar-refractivity contribution in [2.45, 2.75) is 0 Å². The lowest BCUT2D eigenvalue weighted by molar-refractivity contribution is 0.0696. The fraction of sp³-hybridized carbons (Fsp3) is 0. The van der Waals surface area contributed by atoms with Gasteiger partial charge in [0.05, 0.1) is 5.56 Å². The molecule has 0 aliphatic heterocycles. The van der Waals surface area contributed by atoms with E-state index in [2.05, 4.69) is 4.98 Å². The number of anilines is 1. The van der Waals surface area contributed by atoms with Crippen LogP contribution in [0.5, 0.6) is 0 Å². The van der Waals surface area contributed by atoms with E-state index in [-0.39, 0.29) is 5.56 Å². The zero-order chi connectivity index (χ0) is 11.5. The normalized spacial score (nSPS) is 10.0. The molecule has 0 saturated heterocycles.